The Bertz CT molecular complexity index is 370. The monoisotopic (exact) mass is 220 g/mol. The SMILES string of the molecule is CC(C)Nc1ccc(NC(=O)C2CC2)nn1. The van der Waals surface area contributed by atoms with Gasteiger partial charge in [0.1, 0.15) is 5.82 Å². The maximum Gasteiger partial charge on any atom is 0.228 e. The van der Waals surface area contributed by atoms with Crippen LogP contribution >= 0.6 is 0 Å². The second-order valence-corrected chi connectivity index (χ2v) is 4.37. The van der Waals surface area contributed by atoms with E-state index in [1.54, 1.807) is 6.07 Å². The molecule has 1 heterocycles. The Hall–Kier alpha value is -1.65. The average molecular weight is 220 g/mol. The van der Waals surface area contributed by atoms with E-state index < -0.39 is 0 Å². The number of nitrogens with zero attached hydrogens (tertiary/aromatic N) is 2. The van der Waals surface area contributed by atoms with Crippen LogP contribution in [0, 0.1) is 5.92 Å². The molecule has 1 aromatic rings. The molecule has 1 aliphatic carbocycles. The second-order valence-electron chi connectivity index (χ2n) is 4.37. The number of hydrogen-bond donors (Lipinski definition) is 2. The van der Waals surface area contributed by atoms with E-state index in [9.17, 15) is 4.79 Å². The zero-order chi connectivity index (χ0) is 11.5. The highest BCUT2D eigenvalue weighted by atomic mass is 16.2. The first kappa shape index (κ1) is 10.9. The minimum atomic E-state index is 0.0545. The lowest BCUT2D eigenvalue weighted by molar-refractivity contribution is -0.117. The third-order valence-electron chi connectivity index (χ3n) is 2.30. The second kappa shape index (κ2) is 4.47. The fourth-order valence-electron chi connectivity index (χ4n) is 1.35. The first-order valence-corrected chi connectivity index (χ1v) is 5.56. The highest BCUT2D eigenvalue weighted by molar-refractivity contribution is 5.93. The van der Waals surface area contributed by atoms with Crippen molar-refractivity contribution in [2.75, 3.05) is 10.6 Å². The molecule has 0 saturated heterocycles. The van der Waals surface area contributed by atoms with Crippen LogP contribution in [0.15, 0.2) is 12.1 Å². The molecule has 86 valence electrons. The van der Waals surface area contributed by atoms with Crippen LogP contribution in [0.25, 0.3) is 0 Å². The quantitative estimate of drug-likeness (QED) is 0.809. The smallest absolute Gasteiger partial charge is 0.228 e. The molecular formula is C11H16N4O. The van der Waals surface area contributed by atoms with E-state index in [4.69, 9.17) is 0 Å². The number of carbonyl (C=O) groups excluding carboxylic acids is 1. The predicted molar refractivity (Wildman–Crippen MR) is 62.1 cm³/mol. The van der Waals surface area contributed by atoms with Gasteiger partial charge in [0.15, 0.2) is 5.82 Å². The van der Waals surface area contributed by atoms with E-state index >= 15 is 0 Å². The Morgan fingerprint density at radius 2 is 1.94 bits per heavy atom. The predicted octanol–water partition coefficient (Wildman–Crippen LogP) is 1.65. The molecule has 1 amide bonds. The standard InChI is InChI=1S/C11H16N4O/c1-7(2)12-9-5-6-10(15-14-9)13-11(16)8-3-4-8/h5-8H,3-4H2,1-2H3,(H,12,14)(H,13,15,16). The third kappa shape index (κ3) is 2.92. The van der Waals surface area contributed by atoms with Crippen molar-refractivity contribution in [3.8, 4) is 0 Å². The van der Waals surface area contributed by atoms with Gasteiger partial charge in [0.2, 0.25) is 5.91 Å². The minimum absolute atomic E-state index is 0.0545. The number of nitrogens with one attached hydrogen (secondary N) is 2. The summed E-state index contributed by atoms with van der Waals surface area (Å²) in [4.78, 5) is 11.4. The number of rotatable bonds is 4. The van der Waals surface area contributed by atoms with Crippen molar-refractivity contribution in [1.82, 2.24) is 10.2 Å². The van der Waals surface area contributed by atoms with Gasteiger partial charge >= 0.3 is 0 Å². The lowest BCUT2D eigenvalue weighted by Gasteiger charge is -2.08. The van der Waals surface area contributed by atoms with Crippen LogP contribution in [0.3, 0.4) is 0 Å². The van der Waals surface area contributed by atoms with Crippen LogP contribution in [-0.2, 0) is 4.79 Å². The summed E-state index contributed by atoms with van der Waals surface area (Å²) >= 11 is 0. The largest absolute Gasteiger partial charge is 0.366 e. The molecule has 0 bridgehead atoms. The van der Waals surface area contributed by atoms with Crippen molar-refractivity contribution in [1.29, 1.82) is 0 Å². The van der Waals surface area contributed by atoms with E-state index in [0.29, 0.717) is 11.9 Å². The molecule has 16 heavy (non-hydrogen) atoms. The van der Waals surface area contributed by atoms with E-state index in [1.807, 2.05) is 19.9 Å². The molecule has 1 aliphatic rings. The Morgan fingerprint density at radius 1 is 1.31 bits per heavy atom. The summed E-state index contributed by atoms with van der Waals surface area (Å²) < 4.78 is 0. The Kier molecular flexibility index (Phi) is 3.03. The number of anilines is 2. The molecule has 1 fully saturated rings. The average Bonchev–Trinajstić information content (AvgIpc) is 3.03. The lowest BCUT2D eigenvalue weighted by atomic mass is 10.3. The normalized spacial score (nSPS) is 14.9. The first-order valence-electron chi connectivity index (χ1n) is 5.56. The highest BCUT2D eigenvalue weighted by Crippen LogP contribution is 2.29. The molecule has 0 radical (unpaired) electrons. The molecule has 0 aromatic carbocycles. The van der Waals surface area contributed by atoms with Crippen LogP contribution in [0.5, 0.6) is 0 Å². The van der Waals surface area contributed by atoms with Gasteiger partial charge in [-0.05, 0) is 38.8 Å². The first-order chi connectivity index (χ1) is 7.65. The van der Waals surface area contributed by atoms with Crippen molar-refractivity contribution in [3.05, 3.63) is 12.1 Å². The molecule has 1 aromatic heterocycles. The maximum atomic E-state index is 11.4. The molecule has 2 N–H and O–H groups in total. The van der Waals surface area contributed by atoms with E-state index in [0.717, 1.165) is 18.7 Å². The van der Waals surface area contributed by atoms with Gasteiger partial charge in [-0.1, -0.05) is 0 Å². The molecule has 5 nitrogen and oxygen atoms in total. The number of aromatic nitrogens is 2. The van der Waals surface area contributed by atoms with Gasteiger partial charge in [0.05, 0.1) is 0 Å². The van der Waals surface area contributed by atoms with E-state index in [2.05, 4.69) is 20.8 Å². The minimum Gasteiger partial charge on any atom is -0.366 e. The lowest BCUT2D eigenvalue weighted by Crippen LogP contribution is -2.16. The number of carbonyl (C=O) groups is 1. The Balaban J connectivity index is 1.93. The Labute approximate surface area is 94.6 Å². The van der Waals surface area contributed by atoms with E-state index in [1.165, 1.54) is 0 Å². The topological polar surface area (TPSA) is 66.9 Å². The summed E-state index contributed by atoms with van der Waals surface area (Å²) in [5.41, 5.74) is 0. The zero-order valence-corrected chi connectivity index (χ0v) is 9.53. The van der Waals surface area contributed by atoms with Crippen molar-refractivity contribution in [2.45, 2.75) is 32.7 Å². The zero-order valence-electron chi connectivity index (χ0n) is 9.53. The number of amides is 1. The molecule has 2 rings (SSSR count). The van der Waals surface area contributed by atoms with Gasteiger partial charge in [-0.3, -0.25) is 4.79 Å². The van der Waals surface area contributed by atoms with Gasteiger partial charge in [-0.15, -0.1) is 10.2 Å². The number of hydrogen-bond acceptors (Lipinski definition) is 4. The van der Waals surface area contributed by atoms with Crippen LogP contribution < -0.4 is 10.6 Å². The molecule has 1 saturated carbocycles. The maximum absolute atomic E-state index is 11.4. The molecule has 0 atom stereocenters. The van der Waals surface area contributed by atoms with Crippen LogP contribution in [0.2, 0.25) is 0 Å². The van der Waals surface area contributed by atoms with Gasteiger partial charge in [-0.25, -0.2) is 0 Å². The van der Waals surface area contributed by atoms with Crippen molar-refractivity contribution < 1.29 is 4.79 Å². The third-order valence-corrected chi connectivity index (χ3v) is 2.30. The van der Waals surface area contributed by atoms with Crippen molar-refractivity contribution >= 4 is 17.5 Å². The summed E-state index contributed by atoms with van der Waals surface area (Å²) in [6.07, 6.45) is 1.98. The van der Waals surface area contributed by atoms with Crippen molar-refractivity contribution in [3.63, 3.8) is 0 Å². The van der Waals surface area contributed by atoms with Gasteiger partial charge < -0.3 is 10.6 Å². The van der Waals surface area contributed by atoms with E-state index in [-0.39, 0.29) is 11.8 Å². The molecular weight excluding hydrogens is 204 g/mol. The van der Waals surface area contributed by atoms with Crippen LogP contribution in [-0.4, -0.2) is 22.1 Å². The highest BCUT2D eigenvalue weighted by Gasteiger charge is 2.29. The summed E-state index contributed by atoms with van der Waals surface area (Å²) in [6.45, 7) is 4.06. The summed E-state index contributed by atoms with van der Waals surface area (Å²) in [5.74, 6) is 1.49. The summed E-state index contributed by atoms with van der Waals surface area (Å²) in [5, 5.41) is 13.8. The molecule has 0 spiro atoms. The summed E-state index contributed by atoms with van der Waals surface area (Å²) in [6, 6.07) is 3.90. The Morgan fingerprint density at radius 3 is 2.44 bits per heavy atom. The van der Waals surface area contributed by atoms with Gasteiger partial charge in [-0.2, -0.15) is 0 Å². The van der Waals surface area contributed by atoms with Crippen molar-refractivity contribution in [2.24, 2.45) is 5.92 Å². The van der Waals surface area contributed by atoms with Crippen LogP contribution in [0.1, 0.15) is 26.7 Å². The molecule has 0 aliphatic heterocycles. The summed E-state index contributed by atoms with van der Waals surface area (Å²) in [7, 11) is 0. The van der Waals surface area contributed by atoms with Gasteiger partial charge in [0, 0.05) is 12.0 Å². The molecule has 0 unspecified atom stereocenters. The van der Waals surface area contributed by atoms with Gasteiger partial charge in [0.25, 0.3) is 0 Å². The fraction of sp³-hybridized carbons (Fsp3) is 0.545. The van der Waals surface area contributed by atoms with Crippen LogP contribution in [0.4, 0.5) is 11.6 Å². The molecule has 5 heteroatoms. The fourth-order valence-corrected chi connectivity index (χ4v) is 1.35.